The number of hydrogen-bond acceptors (Lipinski definition) is 2. The topological polar surface area (TPSA) is 37.4 Å². The van der Waals surface area contributed by atoms with E-state index in [0.717, 1.165) is 13.4 Å². The fourth-order valence-electron chi connectivity index (χ4n) is 3.84. The van der Waals surface area contributed by atoms with Gasteiger partial charge in [0, 0.05) is 13.4 Å². The Kier molecular flexibility index (Phi) is 4.73. The Morgan fingerprint density at radius 1 is 0.760 bits per heavy atom. The molecular formula is C15H6Br7NO2. The van der Waals surface area contributed by atoms with E-state index >= 15 is 0 Å². The summed E-state index contributed by atoms with van der Waals surface area (Å²) >= 11 is 25.6. The Bertz CT molecular complexity index is 821. The molecule has 2 amide bonds. The molecule has 1 aliphatic heterocycles. The number of alkyl halides is 4. The Hall–Kier alpha value is 1.46. The minimum absolute atomic E-state index is 0.226. The predicted octanol–water partition coefficient (Wildman–Crippen LogP) is 6.34. The summed E-state index contributed by atoms with van der Waals surface area (Å²) in [7, 11) is 0. The van der Waals surface area contributed by atoms with E-state index in [0.29, 0.717) is 5.69 Å². The molecule has 25 heavy (non-hydrogen) atoms. The van der Waals surface area contributed by atoms with Gasteiger partial charge in [0.2, 0.25) is 11.8 Å². The molecule has 1 saturated carbocycles. The highest BCUT2D eigenvalue weighted by Gasteiger charge is 2.85. The molecule has 132 valence electrons. The molecule has 4 atom stereocenters. The average molecular weight is 792 g/mol. The fourth-order valence-corrected chi connectivity index (χ4v) is 11.4. The van der Waals surface area contributed by atoms with Gasteiger partial charge in [-0.3, -0.25) is 9.59 Å². The maximum absolute atomic E-state index is 13.3. The maximum atomic E-state index is 13.3. The molecule has 10 heteroatoms. The van der Waals surface area contributed by atoms with Gasteiger partial charge >= 0.3 is 0 Å². The van der Waals surface area contributed by atoms with Gasteiger partial charge in [-0.2, -0.15) is 0 Å². The molecule has 4 rings (SSSR count). The van der Waals surface area contributed by atoms with Gasteiger partial charge in [-0.15, -0.1) is 0 Å². The molecule has 1 aromatic rings. The minimum atomic E-state index is -0.816. The second-order valence-corrected chi connectivity index (χ2v) is 14.5. The van der Waals surface area contributed by atoms with Crippen LogP contribution in [0.1, 0.15) is 0 Å². The molecular weight excluding hydrogens is 785 g/mol. The second kappa shape index (κ2) is 5.98. The van der Waals surface area contributed by atoms with Crippen LogP contribution >= 0.6 is 112 Å². The number of carbonyl (C=O) groups excluding carboxylic acids is 2. The third-order valence-corrected chi connectivity index (χ3v) is 16.8. The number of halogens is 7. The Labute approximate surface area is 202 Å². The number of allylic oxidation sites excluding steroid dienone is 2. The first-order valence-corrected chi connectivity index (χ1v) is 12.5. The van der Waals surface area contributed by atoms with Crippen LogP contribution in [0.2, 0.25) is 0 Å². The molecule has 1 heterocycles. The van der Waals surface area contributed by atoms with E-state index < -0.39 is 23.7 Å². The van der Waals surface area contributed by atoms with E-state index in [4.69, 9.17) is 0 Å². The number of nitrogens with zero attached hydrogens (tertiary/aromatic N) is 1. The lowest BCUT2D eigenvalue weighted by atomic mass is 9.85. The molecule has 1 saturated heterocycles. The lowest BCUT2D eigenvalue weighted by molar-refractivity contribution is -0.122. The number of anilines is 1. The van der Waals surface area contributed by atoms with Crippen LogP contribution in [0.15, 0.2) is 37.7 Å². The van der Waals surface area contributed by atoms with Crippen molar-refractivity contribution in [2.75, 3.05) is 4.90 Å². The van der Waals surface area contributed by atoms with Crippen LogP contribution in [0, 0.1) is 11.8 Å². The highest BCUT2D eigenvalue weighted by atomic mass is 79.9. The van der Waals surface area contributed by atoms with Crippen molar-refractivity contribution < 1.29 is 9.59 Å². The highest BCUT2D eigenvalue weighted by molar-refractivity contribution is 9.27. The maximum Gasteiger partial charge on any atom is 0.239 e. The molecule has 0 N–H and O–H groups in total. The van der Waals surface area contributed by atoms with E-state index in [9.17, 15) is 9.59 Å². The first-order valence-electron chi connectivity index (χ1n) is 6.96. The Balaban J connectivity index is 1.90. The van der Waals surface area contributed by atoms with E-state index in [-0.39, 0.29) is 11.8 Å². The largest absolute Gasteiger partial charge is 0.274 e. The van der Waals surface area contributed by atoms with Crippen molar-refractivity contribution in [2.45, 2.75) is 11.9 Å². The van der Waals surface area contributed by atoms with Crippen molar-refractivity contribution in [2.24, 2.45) is 11.8 Å². The van der Waals surface area contributed by atoms with Crippen LogP contribution in [-0.4, -0.2) is 23.7 Å². The summed E-state index contributed by atoms with van der Waals surface area (Å²) in [6, 6.07) is 7.15. The van der Waals surface area contributed by atoms with Crippen LogP contribution in [0.25, 0.3) is 0 Å². The lowest BCUT2D eigenvalue weighted by Gasteiger charge is -2.36. The van der Waals surface area contributed by atoms with Crippen LogP contribution in [0.4, 0.5) is 5.69 Å². The molecule has 0 aromatic heterocycles. The van der Waals surface area contributed by atoms with Crippen molar-refractivity contribution in [1.29, 1.82) is 0 Å². The van der Waals surface area contributed by atoms with Crippen molar-refractivity contribution in [1.82, 2.24) is 0 Å². The summed E-state index contributed by atoms with van der Waals surface area (Å²) in [5, 5.41) is 0. The SMILES string of the molecule is O=C1C2C(C(=O)N1c1ccc(Br)cc1)C1(Br)C(Br)=C(Br)C2(Br)C1(Br)Br. The van der Waals surface area contributed by atoms with Crippen LogP contribution in [-0.2, 0) is 9.59 Å². The molecule has 3 nitrogen and oxygen atoms in total. The first-order chi connectivity index (χ1) is 11.5. The Morgan fingerprint density at radius 3 is 1.56 bits per heavy atom. The van der Waals surface area contributed by atoms with Gasteiger partial charge < -0.3 is 0 Å². The van der Waals surface area contributed by atoms with Crippen molar-refractivity contribution in [3.8, 4) is 0 Å². The molecule has 2 fully saturated rings. The van der Waals surface area contributed by atoms with E-state index in [1.54, 1.807) is 12.1 Å². The summed E-state index contributed by atoms with van der Waals surface area (Å²) in [5.74, 6) is -1.60. The summed E-state index contributed by atoms with van der Waals surface area (Å²) < 4.78 is 0.0886. The first kappa shape index (κ1) is 19.8. The smallest absolute Gasteiger partial charge is 0.239 e. The standard InChI is InChI=1S/C15H6Br7NO2/c16-5-1-3-6(4-2-5)23-11(24)7-8(12(23)25)14(20)10(18)9(17)13(7,19)15(14,21)22/h1-4,7-8H. The van der Waals surface area contributed by atoms with Gasteiger partial charge in [0.25, 0.3) is 0 Å². The molecule has 0 spiro atoms. The minimum Gasteiger partial charge on any atom is -0.274 e. The molecule has 4 unspecified atom stereocenters. The zero-order chi connectivity index (χ0) is 18.5. The van der Waals surface area contributed by atoms with Crippen molar-refractivity contribution in [3.63, 3.8) is 0 Å². The van der Waals surface area contributed by atoms with Gasteiger partial charge in [-0.25, -0.2) is 4.90 Å². The number of imide groups is 1. The zero-order valence-electron chi connectivity index (χ0n) is 11.9. The molecule has 2 aliphatic carbocycles. The lowest BCUT2D eigenvalue weighted by Crippen LogP contribution is -2.48. The zero-order valence-corrected chi connectivity index (χ0v) is 23.0. The number of benzene rings is 1. The van der Waals surface area contributed by atoms with Gasteiger partial charge in [-0.05, 0) is 24.3 Å². The number of rotatable bonds is 1. The second-order valence-electron chi connectivity index (χ2n) is 6.07. The third kappa shape index (κ3) is 2.11. The van der Waals surface area contributed by atoms with Gasteiger partial charge in [0.05, 0.1) is 26.2 Å². The highest BCUT2D eigenvalue weighted by Crippen LogP contribution is 2.80. The molecule has 0 radical (unpaired) electrons. The fraction of sp³-hybridized carbons (Fsp3) is 0.333. The summed E-state index contributed by atoms with van der Waals surface area (Å²) in [4.78, 5) is 27.9. The monoisotopic (exact) mass is 784 g/mol. The number of hydrogen-bond donors (Lipinski definition) is 0. The van der Waals surface area contributed by atoms with Crippen LogP contribution in [0.5, 0.6) is 0 Å². The van der Waals surface area contributed by atoms with Gasteiger partial charge in [0.1, 0.15) is 3.23 Å². The summed E-state index contributed by atoms with van der Waals surface area (Å²) in [6.45, 7) is 0. The molecule has 1 aromatic carbocycles. The number of amides is 2. The third-order valence-electron chi connectivity index (χ3n) is 4.99. The number of fused-ring (bicyclic) bond motifs is 5. The van der Waals surface area contributed by atoms with Crippen LogP contribution in [0.3, 0.4) is 0 Å². The summed E-state index contributed by atoms with van der Waals surface area (Å²) in [5.41, 5.74) is 0.571. The molecule has 3 aliphatic rings. The van der Waals surface area contributed by atoms with Crippen molar-refractivity contribution >= 4 is 129 Å². The van der Waals surface area contributed by atoms with Gasteiger partial charge in [-0.1, -0.05) is 112 Å². The van der Waals surface area contributed by atoms with Crippen LogP contribution < -0.4 is 4.90 Å². The predicted molar refractivity (Wildman–Crippen MR) is 122 cm³/mol. The Morgan fingerprint density at radius 2 is 1.16 bits per heavy atom. The van der Waals surface area contributed by atoms with E-state index in [2.05, 4.69) is 112 Å². The van der Waals surface area contributed by atoms with Crippen molar-refractivity contribution in [3.05, 3.63) is 37.7 Å². The average Bonchev–Trinajstić information content (AvgIpc) is 2.94. The molecule has 2 bridgehead atoms. The van der Waals surface area contributed by atoms with E-state index in [1.165, 1.54) is 4.90 Å². The van der Waals surface area contributed by atoms with E-state index in [1.807, 2.05) is 12.1 Å². The quantitative estimate of drug-likeness (QED) is 0.246. The summed E-state index contributed by atoms with van der Waals surface area (Å²) in [6.07, 6.45) is 0. The normalized spacial score (nSPS) is 38.8. The van der Waals surface area contributed by atoms with Gasteiger partial charge in [0.15, 0.2) is 0 Å². The number of carbonyl (C=O) groups is 2.